The van der Waals surface area contributed by atoms with E-state index < -0.39 is 0 Å². The molecule has 0 saturated heterocycles. The molecule has 0 aliphatic rings. The lowest BCUT2D eigenvalue weighted by atomic mass is 10.0. The van der Waals surface area contributed by atoms with Crippen molar-refractivity contribution < 1.29 is 9.47 Å². The van der Waals surface area contributed by atoms with Crippen LogP contribution < -0.4 is 14.9 Å². The fourth-order valence-electron chi connectivity index (χ4n) is 3.39. The van der Waals surface area contributed by atoms with Crippen LogP contribution in [0.4, 0.5) is 0 Å². The molecule has 4 nitrogen and oxygen atoms in total. The maximum atomic E-state index is 5.30. The van der Waals surface area contributed by atoms with Gasteiger partial charge in [0.25, 0.3) is 0 Å². The van der Waals surface area contributed by atoms with Gasteiger partial charge >= 0.3 is 0 Å². The highest BCUT2D eigenvalue weighted by Gasteiger charge is 2.04. The molecule has 0 aliphatic heterocycles. The number of hydrazone groups is 1. The first-order chi connectivity index (χ1) is 14.6. The predicted octanol–water partition coefficient (Wildman–Crippen LogP) is 5.99. The Morgan fingerprint density at radius 1 is 0.700 bits per heavy atom. The monoisotopic (exact) mass is 396 g/mol. The van der Waals surface area contributed by atoms with Gasteiger partial charge < -0.3 is 9.47 Å². The normalized spacial score (nSPS) is 11.5. The lowest BCUT2D eigenvalue weighted by Gasteiger charge is -2.10. The predicted molar refractivity (Wildman–Crippen MR) is 125 cm³/mol. The number of fused-ring (bicyclic) bond motifs is 2. The van der Waals surface area contributed by atoms with Crippen molar-refractivity contribution in [1.82, 2.24) is 5.43 Å². The SMILES string of the molecule is C=C(NN=C(C)c1ccc2cc(OC)ccc2c1)c1ccc2cc(OC)ccc2c1. The van der Waals surface area contributed by atoms with Gasteiger partial charge in [0.05, 0.1) is 25.6 Å². The molecule has 150 valence electrons. The van der Waals surface area contributed by atoms with Crippen LogP contribution in [0.2, 0.25) is 0 Å². The lowest BCUT2D eigenvalue weighted by Crippen LogP contribution is -2.07. The maximum absolute atomic E-state index is 5.30. The number of nitrogens with zero attached hydrogens (tertiary/aromatic N) is 1. The Kier molecular flexibility index (Phi) is 5.40. The van der Waals surface area contributed by atoms with E-state index >= 15 is 0 Å². The van der Waals surface area contributed by atoms with Crippen LogP contribution in [0.25, 0.3) is 27.2 Å². The molecule has 0 spiro atoms. The molecule has 0 aliphatic carbocycles. The molecule has 1 N–H and O–H groups in total. The van der Waals surface area contributed by atoms with E-state index in [1.54, 1.807) is 14.2 Å². The topological polar surface area (TPSA) is 42.9 Å². The highest BCUT2D eigenvalue weighted by atomic mass is 16.5. The molecule has 0 saturated carbocycles. The minimum atomic E-state index is 0.748. The summed E-state index contributed by atoms with van der Waals surface area (Å²) >= 11 is 0. The second-order valence-corrected chi connectivity index (χ2v) is 7.14. The third-order valence-electron chi connectivity index (χ3n) is 5.22. The van der Waals surface area contributed by atoms with Crippen molar-refractivity contribution in [3.05, 3.63) is 90.5 Å². The molecule has 0 heterocycles. The van der Waals surface area contributed by atoms with E-state index in [9.17, 15) is 0 Å². The summed E-state index contributed by atoms with van der Waals surface area (Å²) in [5, 5.41) is 9.07. The van der Waals surface area contributed by atoms with Crippen LogP contribution in [0.1, 0.15) is 18.1 Å². The van der Waals surface area contributed by atoms with Crippen LogP contribution in [-0.4, -0.2) is 19.9 Å². The van der Waals surface area contributed by atoms with Gasteiger partial charge in [-0.05, 0) is 76.0 Å². The summed E-state index contributed by atoms with van der Waals surface area (Å²) in [7, 11) is 3.35. The van der Waals surface area contributed by atoms with Crippen molar-refractivity contribution in [2.45, 2.75) is 6.92 Å². The average molecular weight is 396 g/mol. The Balaban J connectivity index is 1.53. The van der Waals surface area contributed by atoms with Crippen molar-refractivity contribution in [3.8, 4) is 11.5 Å². The van der Waals surface area contributed by atoms with Crippen molar-refractivity contribution in [3.63, 3.8) is 0 Å². The second-order valence-electron chi connectivity index (χ2n) is 7.14. The fraction of sp³-hybridized carbons (Fsp3) is 0.115. The van der Waals surface area contributed by atoms with Crippen LogP contribution >= 0.6 is 0 Å². The fourth-order valence-corrected chi connectivity index (χ4v) is 3.39. The van der Waals surface area contributed by atoms with Crippen LogP contribution in [0, 0.1) is 0 Å². The lowest BCUT2D eigenvalue weighted by molar-refractivity contribution is 0.415. The molecule has 0 bridgehead atoms. The van der Waals surface area contributed by atoms with E-state index in [1.165, 1.54) is 0 Å². The highest BCUT2D eigenvalue weighted by molar-refractivity contribution is 6.02. The zero-order valence-corrected chi connectivity index (χ0v) is 17.4. The van der Waals surface area contributed by atoms with Gasteiger partial charge in [-0.25, -0.2) is 0 Å². The first-order valence-corrected chi connectivity index (χ1v) is 9.73. The van der Waals surface area contributed by atoms with Gasteiger partial charge in [-0.1, -0.05) is 43.0 Å². The molecule has 30 heavy (non-hydrogen) atoms. The zero-order valence-electron chi connectivity index (χ0n) is 17.4. The molecule has 4 aromatic rings. The summed E-state index contributed by atoms with van der Waals surface area (Å²) in [6, 6.07) is 24.5. The minimum absolute atomic E-state index is 0.748. The third-order valence-corrected chi connectivity index (χ3v) is 5.22. The molecule has 0 atom stereocenters. The maximum Gasteiger partial charge on any atom is 0.119 e. The van der Waals surface area contributed by atoms with E-state index in [0.717, 1.165) is 55.6 Å². The molecule has 0 fully saturated rings. The van der Waals surface area contributed by atoms with Crippen LogP contribution in [0.3, 0.4) is 0 Å². The van der Waals surface area contributed by atoms with Gasteiger partial charge in [0, 0.05) is 0 Å². The average Bonchev–Trinajstić information content (AvgIpc) is 2.80. The number of benzene rings is 4. The summed E-state index contributed by atoms with van der Waals surface area (Å²) in [4.78, 5) is 0. The Morgan fingerprint density at radius 2 is 1.17 bits per heavy atom. The number of rotatable bonds is 6. The standard InChI is InChI=1S/C26H24N2O2/c1-17(19-5-7-23-15-25(29-3)11-9-21(23)13-19)27-28-18(2)20-6-8-24-16-26(30-4)12-10-22(24)14-20/h5-16,27H,1H2,2-4H3. The first-order valence-electron chi connectivity index (χ1n) is 9.73. The molecule has 0 amide bonds. The molecule has 4 rings (SSSR count). The van der Waals surface area contributed by atoms with E-state index in [-0.39, 0.29) is 0 Å². The summed E-state index contributed by atoms with van der Waals surface area (Å²) < 4.78 is 10.6. The molecule has 4 heteroatoms. The number of hydrogen-bond acceptors (Lipinski definition) is 4. The van der Waals surface area contributed by atoms with Gasteiger partial charge in [-0.2, -0.15) is 5.10 Å². The highest BCUT2D eigenvalue weighted by Crippen LogP contribution is 2.24. The van der Waals surface area contributed by atoms with Crippen molar-refractivity contribution >= 4 is 33.0 Å². The number of ether oxygens (including phenoxy) is 2. The Morgan fingerprint density at radius 3 is 1.73 bits per heavy atom. The number of nitrogens with one attached hydrogen (secondary N) is 1. The largest absolute Gasteiger partial charge is 0.497 e. The van der Waals surface area contributed by atoms with Crippen molar-refractivity contribution in [1.29, 1.82) is 0 Å². The zero-order chi connectivity index (χ0) is 21.1. The van der Waals surface area contributed by atoms with Gasteiger partial charge in [-0.3, -0.25) is 5.43 Å². The molecule has 0 radical (unpaired) electrons. The smallest absolute Gasteiger partial charge is 0.119 e. The quantitative estimate of drug-likeness (QED) is 0.321. The number of methoxy groups -OCH3 is 2. The van der Waals surface area contributed by atoms with Gasteiger partial charge in [0.2, 0.25) is 0 Å². The molecule has 0 aromatic heterocycles. The van der Waals surface area contributed by atoms with Crippen LogP contribution in [0.15, 0.2) is 84.5 Å². The van der Waals surface area contributed by atoms with E-state index in [0.29, 0.717) is 0 Å². The van der Waals surface area contributed by atoms with Crippen LogP contribution in [-0.2, 0) is 0 Å². The third kappa shape index (κ3) is 3.98. The molecule has 0 unspecified atom stereocenters. The Labute approximate surface area is 176 Å². The second kappa shape index (κ2) is 8.29. The van der Waals surface area contributed by atoms with Crippen molar-refractivity contribution in [2.24, 2.45) is 5.10 Å². The van der Waals surface area contributed by atoms with E-state index in [4.69, 9.17) is 9.47 Å². The Bertz CT molecular complexity index is 1270. The van der Waals surface area contributed by atoms with Crippen molar-refractivity contribution in [2.75, 3.05) is 14.2 Å². The summed E-state index contributed by atoms with van der Waals surface area (Å²) in [6.45, 7) is 6.13. The minimum Gasteiger partial charge on any atom is -0.497 e. The summed E-state index contributed by atoms with van der Waals surface area (Å²) in [5.74, 6) is 1.70. The van der Waals surface area contributed by atoms with Gasteiger partial charge in [-0.15, -0.1) is 0 Å². The molecule has 4 aromatic carbocycles. The van der Waals surface area contributed by atoms with E-state index in [2.05, 4.69) is 53.5 Å². The van der Waals surface area contributed by atoms with E-state index in [1.807, 2.05) is 43.3 Å². The number of hydrogen-bond donors (Lipinski definition) is 1. The Hall–Kier alpha value is -3.79. The van der Waals surface area contributed by atoms with Crippen LogP contribution in [0.5, 0.6) is 11.5 Å². The summed E-state index contributed by atoms with van der Waals surface area (Å²) in [6.07, 6.45) is 0. The van der Waals surface area contributed by atoms with Gasteiger partial charge in [0.1, 0.15) is 11.5 Å². The molecular formula is C26H24N2O2. The first kappa shape index (κ1) is 19.5. The summed E-state index contributed by atoms with van der Waals surface area (Å²) in [5.41, 5.74) is 6.79. The molecular weight excluding hydrogens is 372 g/mol. The van der Waals surface area contributed by atoms with Gasteiger partial charge in [0.15, 0.2) is 0 Å².